The number of aromatic nitrogens is 3. The van der Waals surface area contributed by atoms with Crippen LogP contribution in [-0.2, 0) is 16.6 Å². The van der Waals surface area contributed by atoms with Gasteiger partial charge >= 0.3 is 0 Å². The summed E-state index contributed by atoms with van der Waals surface area (Å²) in [6, 6.07) is 9.27. The summed E-state index contributed by atoms with van der Waals surface area (Å²) in [7, 11) is 0. The van der Waals surface area contributed by atoms with Crippen LogP contribution in [-0.4, -0.2) is 32.8 Å². The highest BCUT2D eigenvalue weighted by Gasteiger charge is 2.52. The van der Waals surface area contributed by atoms with Gasteiger partial charge in [0.05, 0.1) is 17.9 Å². The Morgan fingerprint density at radius 1 is 1.09 bits per heavy atom. The molecule has 34 heavy (non-hydrogen) atoms. The molecule has 0 unspecified atom stereocenters. The van der Waals surface area contributed by atoms with Crippen LogP contribution in [0.5, 0.6) is 0 Å². The molecule has 0 radical (unpaired) electrons. The molecule has 8 heteroatoms. The van der Waals surface area contributed by atoms with Gasteiger partial charge in [-0.25, -0.2) is 9.97 Å². The lowest BCUT2D eigenvalue weighted by molar-refractivity contribution is -0.123. The molecular weight excluding hydrogens is 428 g/mol. The molecule has 8 nitrogen and oxygen atoms in total. The Morgan fingerprint density at radius 3 is 2.47 bits per heavy atom. The Hall–Kier alpha value is -3.26. The van der Waals surface area contributed by atoms with E-state index in [0.29, 0.717) is 12.1 Å². The van der Waals surface area contributed by atoms with Gasteiger partial charge in [-0.15, -0.1) is 0 Å². The van der Waals surface area contributed by atoms with Crippen molar-refractivity contribution in [3.63, 3.8) is 0 Å². The molecule has 0 saturated heterocycles. The molecule has 7 rings (SSSR count). The molecule has 0 aliphatic heterocycles. The van der Waals surface area contributed by atoms with E-state index in [0.717, 1.165) is 34.4 Å². The van der Waals surface area contributed by atoms with Crippen molar-refractivity contribution in [3.8, 4) is 0 Å². The number of nitrogens with zero attached hydrogens (tertiary/aromatic N) is 2. The van der Waals surface area contributed by atoms with Gasteiger partial charge in [-0.05, 0) is 79.4 Å². The SMILES string of the molecule is N[C@@H](Cc1cnc[nH]1)C(=O)NNC(=O)c1cc(C23CC4CC(CC(C4)C2)C3)c2ccccc2n1. The Bertz CT molecular complexity index is 1200. The van der Waals surface area contributed by atoms with Gasteiger partial charge in [0.2, 0.25) is 0 Å². The Balaban J connectivity index is 1.25. The summed E-state index contributed by atoms with van der Waals surface area (Å²) < 4.78 is 0. The van der Waals surface area contributed by atoms with Crippen LogP contribution >= 0.6 is 0 Å². The lowest BCUT2D eigenvalue weighted by atomic mass is 9.48. The second-order valence-electron chi connectivity index (χ2n) is 10.6. The smallest absolute Gasteiger partial charge is 0.288 e. The first kappa shape index (κ1) is 21.3. The van der Waals surface area contributed by atoms with Crippen molar-refractivity contribution in [2.75, 3.05) is 0 Å². The van der Waals surface area contributed by atoms with Crippen LogP contribution in [0.15, 0.2) is 42.9 Å². The summed E-state index contributed by atoms with van der Waals surface area (Å²) in [4.78, 5) is 37.0. The fraction of sp³-hybridized carbons (Fsp3) is 0.462. The van der Waals surface area contributed by atoms with Crippen molar-refractivity contribution in [1.29, 1.82) is 0 Å². The topological polar surface area (TPSA) is 126 Å². The summed E-state index contributed by atoms with van der Waals surface area (Å²) in [5, 5.41) is 1.15. The molecule has 4 fully saturated rings. The monoisotopic (exact) mass is 458 g/mol. The molecule has 4 aliphatic rings. The van der Waals surface area contributed by atoms with Crippen molar-refractivity contribution < 1.29 is 9.59 Å². The van der Waals surface area contributed by atoms with E-state index < -0.39 is 17.9 Å². The highest BCUT2D eigenvalue weighted by molar-refractivity contribution is 5.97. The molecule has 0 spiro atoms. The minimum absolute atomic E-state index is 0.127. The maximum atomic E-state index is 13.1. The van der Waals surface area contributed by atoms with Gasteiger partial charge in [0.1, 0.15) is 5.69 Å². The number of pyridine rings is 1. The third-order valence-electron chi connectivity index (χ3n) is 8.19. The number of benzene rings is 1. The molecule has 176 valence electrons. The van der Waals surface area contributed by atoms with Crippen molar-refractivity contribution in [2.45, 2.75) is 56.4 Å². The second kappa shape index (κ2) is 8.20. The molecule has 4 saturated carbocycles. The minimum atomic E-state index is -0.812. The number of nitrogens with two attached hydrogens (primary N) is 1. The number of nitrogens with one attached hydrogen (secondary N) is 3. The van der Waals surface area contributed by atoms with Gasteiger partial charge < -0.3 is 10.7 Å². The summed E-state index contributed by atoms with van der Waals surface area (Å²) in [5.41, 5.74) is 14.2. The zero-order valence-electron chi connectivity index (χ0n) is 19.1. The summed E-state index contributed by atoms with van der Waals surface area (Å²) in [6.45, 7) is 0. The standard InChI is InChI=1S/C26H30N6O2/c27-21(8-18-13-28-14-29-18)24(33)31-32-25(34)23-9-20(19-3-1-2-4-22(19)30-23)26-10-15-5-16(11-26)7-17(6-15)12-26/h1-4,9,13-17,21H,5-8,10-12,27H2,(H,28,29)(H,31,33)(H,32,34)/t15?,16?,17?,21-,26?/m0/s1. The molecule has 4 bridgehead atoms. The van der Waals surface area contributed by atoms with Crippen LogP contribution in [0.25, 0.3) is 10.9 Å². The first-order chi connectivity index (χ1) is 16.5. The zero-order valence-corrected chi connectivity index (χ0v) is 19.1. The Morgan fingerprint density at radius 2 is 1.79 bits per heavy atom. The molecule has 5 N–H and O–H groups in total. The zero-order chi connectivity index (χ0) is 23.3. The number of imidazole rings is 1. The fourth-order valence-electron chi connectivity index (χ4n) is 7.17. The van der Waals surface area contributed by atoms with Gasteiger partial charge in [-0.3, -0.25) is 20.4 Å². The van der Waals surface area contributed by atoms with Crippen molar-refractivity contribution in [3.05, 3.63) is 59.8 Å². The lowest BCUT2D eigenvalue weighted by Gasteiger charge is -2.57. The van der Waals surface area contributed by atoms with Crippen LogP contribution in [0, 0.1) is 17.8 Å². The summed E-state index contributed by atoms with van der Waals surface area (Å²) in [5.74, 6) is 1.49. The molecular formula is C26H30N6O2. The predicted molar refractivity (Wildman–Crippen MR) is 127 cm³/mol. The van der Waals surface area contributed by atoms with Gasteiger partial charge in [-0.2, -0.15) is 0 Å². The molecule has 4 aliphatic carbocycles. The molecule has 2 aromatic heterocycles. The Kier molecular flexibility index (Phi) is 5.13. The molecule has 1 aromatic carbocycles. The van der Waals surface area contributed by atoms with Crippen LogP contribution in [0.1, 0.15) is 60.3 Å². The van der Waals surface area contributed by atoms with Crippen LogP contribution < -0.4 is 16.6 Å². The first-order valence-electron chi connectivity index (χ1n) is 12.2. The largest absolute Gasteiger partial charge is 0.348 e. The summed E-state index contributed by atoms with van der Waals surface area (Å²) >= 11 is 0. The van der Waals surface area contributed by atoms with E-state index in [9.17, 15) is 9.59 Å². The van der Waals surface area contributed by atoms with E-state index in [-0.39, 0.29) is 5.41 Å². The third kappa shape index (κ3) is 3.76. The Labute approximate surface area is 198 Å². The number of aromatic amines is 1. The van der Waals surface area contributed by atoms with E-state index in [2.05, 4.69) is 37.9 Å². The van der Waals surface area contributed by atoms with E-state index in [1.165, 1.54) is 50.4 Å². The summed E-state index contributed by atoms with van der Waals surface area (Å²) in [6.07, 6.45) is 11.1. The van der Waals surface area contributed by atoms with Crippen LogP contribution in [0.4, 0.5) is 0 Å². The number of fused-ring (bicyclic) bond motifs is 1. The van der Waals surface area contributed by atoms with Crippen molar-refractivity contribution in [1.82, 2.24) is 25.8 Å². The van der Waals surface area contributed by atoms with Gasteiger partial charge in [0.25, 0.3) is 11.8 Å². The molecule has 2 amide bonds. The van der Waals surface area contributed by atoms with E-state index in [4.69, 9.17) is 5.73 Å². The third-order valence-corrected chi connectivity index (χ3v) is 8.19. The number of para-hydroxylation sites is 1. The fourth-order valence-corrected chi connectivity index (χ4v) is 7.17. The maximum Gasteiger partial charge on any atom is 0.288 e. The van der Waals surface area contributed by atoms with Crippen molar-refractivity contribution in [2.24, 2.45) is 23.5 Å². The molecule has 2 heterocycles. The number of H-pyrrole nitrogens is 1. The van der Waals surface area contributed by atoms with E-state index in [1.54, 1.807) is 6.20 Å². The predicted octanol–water partition coefficient (Wildman–Crippen LogP) is 2.76. The quantitative estimate of drug-likeness (QED) is 0.438. The lowest BCUT2D eigenvalue weighted by Crippen LogP contribution is -2.50. The van der Waals surface area contributed by atoms with Crippen LogP contribution in [0.3, 0.4) is 0 Å². The number of hydrogen-bond donors (Lipinski definition) is 4. The van der Waals surface area contributed by atoms with Gasteiger partial charge in [-0.1, -0.05) is 18.2 Å². The highest BCUT2D eigenvalue weighted by Crippen LogP contribution is 2.61. The minimum Gasteiger partial charge on any atom is -0.348 e. The van der Waals surface area contributed by atoms with Gasteiger partial charge in [0.15, 0.2) is 0 Å². The van der Waals surface area contributed by atoms with Gasteiger partial charge in [0, 0.05) is 23.7 Å². The van der Waals surface area contributed by atoms with E-state index >= 15 is 0 Å². The average Bonchev–Trinajstić information content (AvgIpc) is 3.33. The number of amides is 2. The normalized spacial score (nSPS) is 28.1. The number of hydrazine groups is 1. The number of carbonyl (C=O) groups excluding carboxylic acids is 2. The number of rotatable bonds is 5. The second-order valence-corrected chi connectivity index (χ2v) is 10.6. The van der Waals surface area contributed by atoms with E-state index in [1.807, 2.05) is 18.2 Å². The first-order valence-corrected chi connectivity index (χ1v) is 12.2. The molecule has 1 atom stereocenters. The highest BCUT2D eigenvalue weighted by atomic mass is 16.2. The average molecular weight is 459 g/mol. The molecule has 3 aromatic rings. The number of carbonyl (C=O) groups is 2. The maximum absolute atomic E-state index is 13.1. The number of hydrogen-bond acceptors (Lipinski definition) is 5. The van der Waals surface area contributed by atoms with Crippen molar-refractivity contribution >= 4 is 22.7 Å². The van der Waals surface area contributed by atoms with Crippen LogP contribution in [0.2, 0.25) is 0 Å².